The van der Waals surface area contributed by atoms with Gasteiger partial charge in [-0.25, -0.2) is 12.8 Å². The molecule has 0 radical (unpaired) electrons. The van der Waals surface area contributed by atoms with Crippen LogP contribution in [0, 0.1) is 5.82 Å². The number of sulfonamides is 1. The Bertz CT molecular complexity index is 972. The Hall–Kier alpha value is -2.61. The molecular formula is C23H29FN2O4S. The minimum absolute atomic E-state index is 0.0356. The number of nitrogens with zero attached hydrogens (tertiary/aromatic N) is 2. The summed E-state index contributed by atoms with van der Waals surface area (Å²) < 4.78 is 46.8. The van der Waals surface area contributed by atoms with E-state index in [4.69, 9.17) is 4.74 Å². The summed E-state index contributed by atoms with van der Waals surface area (Å²) in [5, 5.41) is 0. The van der Waals surface area contributed by atoms with Gasteiger partial charge >= 0.3 is 0 Å². The topological polar surface area (TPSA) is 66.9 Å². The van der Waals surface area contributed by atoms with Crippen LogP contribution in [0.15, 0.2) is 53.4 Å². The first-order valence-corrected chi connectivity index (χ1v) is 12.0. The number of likely N-dealkylation sites (N-methyl/N-ethyl adjacent to an activating group) is 1. The molecule has 2 aromatic carbocycles. The molecule has 1 amide bonds. The molecular weight excluding hydrogens is 419 g/mol. The van der Waals surface area contributed by atoms with Crippen molar-refractivity contribution in [3.63, 3.8) is 0 Å². The van der Waals surface area contributed by atoms with E-state index in [0.717, 1.165) is 36.4 Å². The fourth-order valence-corrected chi connectivity index (χ4v) is 5.24. The van der Waals surface area contributed by atoms with E-state index in [-0.39, 0.29) is 29.1 Å². The van der Waals surface area contributed by atoms with Gasteiger partial charge in [0.2, 0.25) is 5.91 Å². The van der Waals surface area contributed by atoms with Gasteiger partial charge in [-0.05, 0) is 68.3 Å². The Morgan fingerprint density at radius 2 is 1.65 bits per heavy atom. The maximum absolute atomic E-state index is 13.5. The number of carbonyl (C=O) groups excluding carboxylic acids is 1. The van der Waals surface area contributed by atoms with E-state index in [1.165, 1.54) is 36.4 Å². The van der Waals surface area contributed by atoms with Gasteiger partial charge in [0.15, 0.2) is 0 Å². The molecule has 3 rings (SSSR count). The fourth-order valence-electron chi connectivity index (χ4n) is 3.83. The monoisotopic (exact) mass is 448 g/mol. The molecule has 0 aliphatic heterocycles. The van der Waals surface area contributed by atoms with Crippen molar-refractivity contribution in [1.29, 1.82) is 0 Å². The number of halogens is 1. The molecule has 0 spiro atoms. The second-order valence-corrected chi connectivity index (χ2v) is 9.55. The molecule has 0 atom stereocenters. The quantitative estimate of drug-likeness (QED) is 0.607. The molecule has 1 saturated carbocycles. The van der Waals surface area contributed by atoms with E-state index in [1.807, 2.05) is 6.92 Å². The van der Waals surface area contributed by atoms with Crippen molar-refractivity contribution in [1.82, 2.24) is 4.90 Å². The summed E-state index contributed by atoms with van der Waals surface area (Å²) in [6, 6.07) is 11.3. The number of hydrogen-bond donors (Lipinski definition) is 0. The predicted molar refractivity (Wildman–Crippen MR) is 118 cm³/mol. The van der Waals surface area contributed by atoms with Crippen molar-refractivity contribution < 1.29 is 22.3 Å². The van der Waals surface area contributed by atoms with Gasteiger partial charge in [-0.15, -0.1) is 0 Å². The highest BCUT2D eigenvalue weighted by atomic mass is 32.2. The van der Waals surface area contributed by atoms with Crippen LogP contribution in [0.4, 0.5) is 10.1 Å². The number of amides is 1. The lowest BCUT2D eigenvalue weighted by Crippen LogP contribution is -2.45. The summed E-state index contributed by atoms with van der Waals surface area (Å²) in [5.74, 6) is -0.207. The lowest BCUT2D eigenvalue weighted by molar-refractivity contribution is -0.130. The van der Waals surface area contributed by atoms with Crippen molar-refractivity contribution in [2.45, 2.75) is 50.0 Å². The van der Waals surface area contributed by atoms with Gasteiger partial charge < -0.3 is 9.64 Å². The van der Waals surface area contributed by atoms with Crippen LogP contribution in [-0.2, 0) is 14.8 Å². The van der Waals surface area contributed by atoms with Crippen LogP contribution in [-0.4, -0.2) is 45.5 Å². The van der Waals surface area contributed by atoms with Crippen LogP contribution in [0.3, 0.4) is 0 Å². The van der Waals surface area contributed by atoms with E-state index >= 15 is 0 Å². The second kappa shape index (κ2) is 10.1. The van der Waals surface area contributed by atoms with Crippen LogP contribution < -0.4 is 9.04 Å². The molecule has 0 heterocycles. The van der Waals surface area contributed by atoms with E-state index < -0.39 is 15.8 Å². The first-order chi connectivity index (χ1) is 14.8. The zero-order valence-electron chi connectivity index (χ0n) is 18.0. The zero-order valence-corrected chi connectivity index (χ0v) is 18.8. The number of benzene rings is 2. The van der Waals surface area contributed by atoms with Gasteiger partial charge in [0, 0.05) is 13.1 Å². The van der Waals surface area contributed by atoms with Gasteiger partial charge in [-0.1, -0.05) is 19.3 Å². The predicted octanol–water partition coefficient (Wildman–Crippen LogP) is 4.21. The second-order valence-electron chi connectivity index (χ2n) is 7.69. The van der Waals surface area contributed by atoms with E-state index in [1.54, 1.807) is 24.1 Å². The number of ether oxygens (including phenoxy) is 1. The first-order valence-electron chi connectivity index (χ1n) is 10.6. The molecule has 2 aromatic rings. The first kappa shape index (κ1) is 23.1. The number of anilines is 1. The molecule has 168 valence electrons. The van der Waals surface area contributed by atoms with E-state index in [9.17, 15) is 17.6 Å². The third kappa shape index (κ3) is 5.55. The average molecular weight is 449 g/mol. The molecule has 0 saturated heterocycles. The normalized spacial score (nSPS) is 14.8. The number of hydrogen-bond acceptors (Lipinski definition) is 4. The Kier molecular flexibility index (Phi) is 7.54. The van der Waals surface area contributed by atoms with Crippen molar-refractivity contribution in [3.05, 3.63) is 54.3 Å². The Labute approximate surface area is 183 Å². The largest absolute Gasteiger partial charge is 0.494 e. The fraction of sp³-hybridized carbons (Fsp3) is 0.435. The summed E-state index contributed by atoms with van der Waals surface area (Å²) >= 11 is 0. The van der Waals surface area contributed by atoms with Crippen LogP contribution in [0.25, 0.3) is 0 Å². The Balaban J connectivity index is 1.90. The lowest BCUT2D eigenvalue weighted by atomic mass is 9.94. The highest BCUT2D eigenvalue weighted by molar-refractivity contribution is 7.92. The standard InChI is InChI=1S/C23H29FN2O4S/c1-3-30-21-13-15-22(16-14-21)31(28,29)26(20-11-9-18(24)10-12-20)17-23(27)25(2)19-7-5-4-6-8-19/h9-16,19H,3-8,17H2,1-2H3. The summed E-state index contributed by atoms with van der Waals surface area (Å²) in [4.78, 5) is 14.7. The maximum Gasteiger partial charge on any atom is 0.264 e. The highest BCUT2D eigenvalue weighted by Crippen LogP contribution is 2.27. The van der Waals surface area contributed by atoms with Crippen molar-refractivity contribution >= 4 is 21.6 Å². The van der Waals surface area contributed by atoms with Crippen molar-refractivity contribution in [3.8, 4) is 5.75 Å². The van der Waals surface area contributed by atoms with Gasteiger partial charge in [-0.2, -0.15) is 0 Å². The minimum atomic E-state index is -4.05. The molecule has 0 unspecified atom stereocenters. The molecule has 1 aliphatic carbocycles. The SMILES string of the molecule is CCOc1ccc(S(=O)(=O)N(CC(=O)N(C)C2CCCCC2)c2ccc(F)cc2)cc1. The molecule has 31 heavy (non-hydrogen) atoms. The van der Waals surface area contributed by atoms with Crippen LogP contribution >= 0.6 is 0 Å². The van der Waals surface area contributed by atoms with Crippen LogP contribution in [0.5, 0.6) is 5.75 Å². The van der Waals surface area contributed by atoms with E-state index in [0.29, 0.717) is 12.4 Å². The van der Waals surface area contributed by atoms with Crippen molar-refractivity contribution in [2.24, 2.45) is 0 Å². The third-order valence-electron chi connectivity index (χ3n) is 5.63. The van der Waals surface area contributed by atoms with Crippen LogP contribution in [0.1, 0.15) is 39.0 Å². The van der Waals surface area contributed by atoms with Gasteiger partial charge in [-0.3, -0.25) is 9.10 Å². The summed E-state index contributed by atoms with van der Waals surface area (Å²) in [6.07, 6.45) is 5.13. The molecule has 1 aliphatic rings. The van der Waals surface area contributed by atoms with E-state index in [2.05, 4.69) is 0 Å². The average Bonchev–Trinajstić information content (AvgIpc) is 2.78. The van der Waals surface area contributed by atoms with Gasteiger partial charge in [0.1, 0.15) is 18.1 Å². The third-order valence-corrected chi connectivity index (χ3v) is 7.42. The Morgan fingerprint density at radius 3 is 2.23 bits per heavy atom. The highest BCUT2D eigenvalue weighted by Gasteiger charge is 2.30. The lowest BCUT2D eigenvalue weighted by Gasteiger charge is -2.33. The Morgan fingerprint density at radius 1 is 1.03 bits per heavy atom. The molecule has 6 nitrogen and oxygen atoms in total. The van der Waals surface area contributed by atoms with Gasteiger partial charge in [0.05, 0.1) is 17.2 Å². The zero-order chi connectivity index (χ0) is 22.4. The van der Waals surface area contributed by atoms with Crippen LogP contribution in [0.2, 0.25) is 0 Å². The molecule has 1 fully saturated rings. The molecule has 0 N–H and O–H groups in total. The van der Waals surface area contributed by atoms with Gasteiger partial charge in [0.25, 0.3) is 10.0 Å². The summed E-state index contributed by atoms with van der Waals surface area (Å²) in [6.45, 7) is 1.96. The maximum atomic E-state index is 13.5. The van der Waals surface area contributed by atoms with Crippen molar-refractivity contribution in [2.75, 3.05) is 24.5 Å². The number of carbonyl (C=O) groups is 1. The number of rotatable bonds is 8. The molecule has 0 bridgehead atoms. The molecule has 8 heteroatoms. The molecule has 0 aromatic heterocycles. The smallest absolute Gasteiger partial charge is 0.264 e. The summed E-state index contributed by atoms with van der Waals surface area (Å²) in [5.41, 5.74) is 0.237. The summed E-state index contributed by atoms with van der Waals surface area (Å²) in [7, 11) is -2.32. The minimum Gasteiger partial charge on any atom is -0.494 e.